The van der Waals surface area contributed by atoms with Crippen molar-refractivity contribution in [3.8, 4) is 0 Å². The van der Waals surface area contributed by atoms with E-state index < -0.39 is 0 Å². The minimum absolute atomic E-state index is 0.469. The first-order chi connectivity index (χ1) is 9.27. The van der Waals surface area contributed by atoms with Crippen LogP contribution in [0.1, 0.15) is 57.1 Å². The molecule has 1 fully saturated rings. The Morgan fingerprint density at radius 1 is 1.00 bits per heavy atom. The van der Waals surface area contributed by atoms with Gasteiger partial charge >= 0.3 is 0 Å². The maximum atomic E-state index is 4.57. The summed E-state index contributed by atoms with van der Waals surface area (Å²) in [6.07, 6.45) is 13.3. The maximum Gasteiger partial charge on any atom is 0.0524 e. The molecule has 0 amide bonds. The number of hydrogen-bond donors (Lipinski definition) is 0. The van der Waals surface area contributed by atoms with Gasteiger partial charge in [-0.2, -0.15) is 5.10 Å². The molecular weight excluding hydrogens is 234 g/mol. The van der Waals surface area contributed by atoms with Gasteiger partial charge in [-0.05, 0) is 26.0 Å². The molecule has 0 N–H and O–H groups in total. The minimum Gasteiger partial charge on any atom is -0.300 e. The minimum atomic E-state index is 0.469. The van der Waals surface area contributed by atoms with E-state index in [0.717, 1.165) is 13.1 Å². The summed E-state index contributed by atoms with van der Waals surface area (Å²) in [5, 5.41) is 4.57. The molecule has 1 aromatic rings. The smallest absolute Gasteiger partial charge is 0.0524 e. The number of hydrogen-bond acceptors (Lipinski definition) is 2. The third-order valence-corrected chi connectivity index (χ3v) is 4.99. The SMILES string of the molecule is CN1Cc2ccnn2CC2(CCCCCCCC2)C1. The van der Waals surface area contributed by atoms with Gasteiger partial charge in [0, 0.05) is 31.2 Å². The molecule has 106 valence electrons. The monoisotopic (exact) mass is 261 g/mol. The summed E-state index contributed by atoms with van der Waals surface area (Å²) in [5.41, 5.74) is 1.86. The van der Waals surface area contributed by atoms with Crippen molar-refractivity contribution in [2.24, 2.45) is 5.41 Å². The Morgan fingerprint density at radius 2 is 1.68 bits per heavy atom. The number of nitrogens with zero attached hydrogens (tertiary/aromatic N) is 3. The van der Waals surface area contributed by atoms with E-state index in [4.69, 9.17) is 0 Å². The molecule has 1 aliphatic carbocycles. The molecular formula is C16H27N3. The highest BCUT2D eigenvalue weighted by Gasteiger charge is 2.34. The van der Waals surface area contributed by atoms with Gasteiger partial charge in [0.1, 0.15) is 0 Å². The van der Waals surface area contributed by atoms with Crippen LogP contribution in [0.5, 0.6) is 0 Å². The zero-order chi connectivity index (χ0) is 13.1. The molecule has 0 saturated heterocycles. The molecule has 0 atom stereocenters. The van der Waals surface area contributed by atoms with Gasteiger partial charge in [-0.25, -0.2) is 0 Å². The van der Waals surface area contributed by atoms with E-state index in [-0.39, 0.29) is 0 Å². The summed E-state index contributed by atoms with van der Waals surface area (Å²) >= 11 is 0. The Kier molecular flexibility index (Phi) is 3.92. The second-order valence-corrected chi connectivity index (χ2v) is 6.77. The molecule has 19 heavy (non-hydrogen) atoms. The van der Waals surface area contributed by atoms with Crippen molar-refractivity contribution in [2.45, 2.75) is 64.5 Å². The van der Waals surface area contributed by atoms with E-state index in [1.54, 1.807) is 0 Å². The first kappa shape index (κ1) is 13.2. The molecule has 2 aliphatic rings. The van der Waals surface area contributed by atoms with Crippen LogP contribution < -0.4 is 0 Å². The number of rotatable bonds is 0. The van der Waals surface area contributed by atoms with Gasteiger partial charge in [0.25, 0.3) is 0 Å². The highest BCUT2D eigenvalue weighted by atomic mass is 15.3. The van der Waals surface area contributed by atoms with Crippen LogP contribution in [0.25, 0.3) is 0 Å². The van der Waals surface area contributed by atoms with Crippen molar-refractivity contribution >= 4 is 0 Å². The fraction of sp³-hybridized carbons (Fsp3) is 0.812. The standard InChI is InChI=1S/C16H27N3/c1-18-12-15-8-11-17-19(15)14-16(13-18)9-6-4-2-3-5-7-10-16/h8,11H,2-7,9-10,12-14H2,1H3. The van der Waals surface area contributed by atoms with E-state index in [2.05, 4.69) is 27.8 Å². The van der Waals surface area contributed by atoms with Gasteiger partial charge in [-0.3, -0.25) is 9.58 Å². The molecule has 3 rings (SSSR count). The molecule has 1 aromatic heterocycles. The molecule has 1 aliphatic heterocycles. The predicted octanol–water partition coefficient (Wildman–Crippen LogP) is 3.45. The molecule has 1 saturated carbocycles. The molecule has 2 heterocycles. The lowest BCUT2D eigenvalue weighted by Gasteiger charge is -2.35. The van der Waals surface area contributed by atoms with Crippen molar-refractivity contribution in [2.75, 3.05) is 13.6 Å². The van der Waals surface area contributed by atoms with E-state index in [0.29, 0.717) is 5.41 Å². The van der Waals surface area contributed by atoms with E-state index >= 15 is 0 Å². The van der Waals surface area contributed by atoms with Gasteiger partial charge in [-0.15, -0.1) is 0 Å². The summed E-state index contributed by atoms with van der Waals surface area (Å²) in [6.45, 7) is 3.44. The molecule has 0 bridgehead atoms. The number of fused-ring (bicyclic) bond motifs is 1. The van der Waals surface area contributed by atoms with Crippen LogP contribution in [0.2, 0.25) is 0 Å². The fourth-order valence-electron chi connectivity index (χ4n) is 4.06. The second-order valence-electron chi connectivity index (χ2n) is 6.77. The van der Waals surface area contributed by atoms with Crippen LogP contribution in [0, 0.1) is 5.41 Å². The Morgan fingerprint density at radius 3 is 2.42 bits per heavy atom. The molecule has 1 spiro atoms. The van der Waals surface area contributed by atoms with Crippen molar-refractivity contribution in [1.82, 2.24) is 14.7 Å². The Balaban J connectivity index is 1.83. The zero-order valence-electron chi connectivity index (χ0n) is 12.3. The Bertz CT molecular complexity index is 400. The second kappa shape index (κ2) is 5.66. The molecule has 0 aromatic carbocycles. The summed E-state index contributed by atoms with van der Waals surface area (Å²) < 4.78 is 2.28. The maximum absolute atomic E-state index is 4.57. The largest absolute Gasteiger partial charge is 0.300 e. The van der Waals surface area contributed by atoms with Crippen molar-refractivity contribution in [1.29, 1.82) is 0 Å². The lowest BCUT2D eigenvalue weighted by molar-refractivity contribution is 0.130. The van der Waals surface area contributed by atoms with Crippen LogP contribution in [0.3, 0.4) is 0 Å². The van der Waals surface area contributed by atoms with E-state index in [1.165, 1.54) is 63.6 Å². The average Bonchev–Trinajstić information content (AvgIpc) is 2.78. The van der Waals surface area contributed by atoms with Crippen LogP contribution >= 0.6 is 0 Å². The number of aromatic nitrogens is 2. The van der Waals surface area contributed by atoms with E-state index in [1.807, 2.05) is 6.20 Å². The van der Waals surface area contributed by atoms with Gasteiger partial charge in [0.15, 0.2) is 0 Å². The first-order valence-electron chi connectivity index (χ1n) is 7.97. The van der Waals surface area contributed by atoms with Crippen molar-refractivity contribution < 1.29 is 0 Å². The Labute approximate surface area is 117 Å². The van der Waals surface area contributed by atoms with E-state index in [9.17, 15) is 0 Å². The molecule has 0 radical (unpaired) electrons. The normalized spacial score (nSPS) is 25.1. The summed E-state index contributed by atoms with van der Waals surface area (Å²) in [6, 6.07) is 2.19. The van der Waals surface area contributed by atoms with Crippen LogP contribution in [0.4, 0.5) is 0 Å². The summed E-state index contributed by atoms with van der Waals surface area (Å²) in [5.74, 6) is 0. The molecule has 3 nitrogen and oxygen atoms in total. The van der Waals surface area contributed by atoms with Crippen molar-refractivity contribution in [3.05, 3.63) is 18.0 Å². The van der Waals surface area contributed by atoms with Gasteiger partial charge in [0.05, 0.1) is 5.69 Å². The third-order valence-electron chi connectivity index (χ3n) is 4.99. The third kappa shape index (κ3) is 3.02. The molecule has 3 heteroatoms. The quantitative estimate of drug-likeness (QED) is 0.713. The van der Waals surface area contributed by atoms with Crippen molar-refractivity contribution in [3.63, 3.8) is 0 Å². The highest BCUT2D eigenvalue weighted by Crippen LogP contribution is 2.37. The highest BCUT2D eigenvalue weighted by molar-refractivity contribution is 5.04. The first-order valence-corrected chi connectivity index (χ1v) is 7.97. The van der Waals surface area contributed by atoms with Gasteiger partial charge < -0.3 is 0 Å². The Hall–Kier alpha value is -0.830. The van der Waals surface area contributed by atoms with Gasteiger partial charge in [0.2, 0.25) is 0 Å². The average molecular weight is 261 g/mol. The summed E-state index contributed by atoms with van der Waals surface area (Å²) in [7, 11) is 2.27. The topological polar surface area (TPSA) is 21.1 Å². The zero-order valence-corrected chi connectivity index (χ0v) is 12.3. The lowest BCUT2D eigenvalue weighted by atomic mass is 9.78. The molecule has 0 unspecified atom stereocenters. The lowest BCUT2D eigenvalue weighted by Crippen LogP contribution is -2.36. The fourth-order valence-corrected chi connectivity index (χ4v) is 4.06. The van der Waals surface area contributed by atoms with Crippen LogP contribution in [-0.4, -0.2) is 28.3 Å². The predicted molar refractivity (Wildman–Crippen MR) is 77.9 cm³/mol. The summed E-state index contributed by atoms with van der Waals surface area (Å²) in [4.78, 5) is 2.51. The van der Waals surface area contributed by atoms with Crippen LogP contribution in [0.15, 0.2) is 12.3 Å². The van der Waals surface area contributed by atoms with Gasteiger partial charge in [-0.1, -0.05) is 38.5 Å². The van der Waals surface area contributed by atoms with Crippen LogP contribution in [-0.2, 0) is 13.1 Å².